The minimum atomic E-state index is 0.00528. The van der Waals surface area contributed by atoms with Crippen molar-refractivity contribution in [3.63, 3.8) is 0 Å². The molecule has 0 atom stereocenters. The van der Waals surface area contributed by atoms with Crippen LogP contribution in [0.3, 0.4) is 0 Å². The molecule has 9 aromatic rings. The largest absolute Gasteiger partial charge is 0.456 e. The van der Waals surface area contributed by atoms with Crippen molar-refractivity contribution in [1.29, 1.82) is 0 Å². The van der Waals surface area contributed by atoms with Crippen molar-refractivity contribution in [2.45, 2.75) is 26.2 Å². The Bertz CT molecular complexity index is 2710. The minimum absolute atomic E-state index is 0.00528. The molecule has 52 heavy (non-hydrogen) atoms. The van der Waals surface area contributed by atoms with Gasteiger partial charge in [0.2, 0.25) is 0 Å². The lowest BCUT2D eigenvalue weighted by Crippen LogP contribution is -2.12. The Morgan fingerprint density at radius 3 is 1.87 bits per heavy atom. The molecule has 9 rings (SSSR count). The van der Waals surface area contributed by atoms with Crippen molar-refractivity contribution < 1.29 is 4.42 Å². The third kappa shape index (κ3) is 5.54. The molecule has 0 bridgehead atoms. The molecule has 8 aromatic carbocycles. The van der Waals surface area contributed by atoms with E-state index in [2.05, 4.69) is 208 Å². The van der Waals surface area contributed by atoms with Crippen LogP contribution in [0.1, 0.15) is 26.3 Å². The number of rotatable bonds is 6. The van der Waals surface area contributed by atoms with E-state index in [1.54, 1.807) is 0 Å². The Balaban J connectivity index is 1.27. The zero-order chi connectivity index (χ0) is 35.2. The number of hydrogen-bond acceptors (Lipinski definition) is 2. The smallest absolute Gasteiger partial charge is 0.137 e. The third-order valence-electron chi connectivity index (χ3n) is 10.2. The van der Waals surface area contributed by atoms with Gasteiger partial charge in [-0.25, -0.2) is 0 Å². The number of anilines is 3. The first-order chi connectivity index (χ1) is 25.4. The molecule has 2 nitrogen and oxygen atoms in total. The molecule has 0 unspecified atom stereocenters. The maximum Gasteiger partial charge on any atom is 0.137 e. The van der Waals surface area contributed by atoms with Gasteiger partial charge in [0, 0.05) is 16.6 Å². The molecule has 0 aliphatic rings. The lowest BCUT2D eigenvalue weighted by atomic mass is 9.82. The molecule has 1 heterocycles. The highest BCUT2D eigenvalue weighted by atomic mass is 16.3. The summed E-state index contributed by atoms with van der Waals surface area (Å²) in [6.45, 7) is 6.84. The maximum absolute atomic E-state index is 6.61. The molecule has 2 heteroatoms. The van der Waals surface area contributed by atoms with Crippen LogP contribution in [0.5, 0.6) is 0 Å². The molecule has 0 saturated heterocycles. The predicted molar refractivity (Wildman–Crippen MR) is 221 cm³/mol. The number of fused-ring (bicyclic) bond motifs is 4. The van der Waals surface area contributed by atoms with Gasteiger partial charge in [-0.05, 0) is 92.0 Å². The number of benzene rings is 8. The van der Waals surface area contributed by atoms with Gasteiger partial charge in [-0.15, -0.1) is 0 Å². The van der Waals surface area contributed by atoms with E-state index in [1.807, 2.05) is 0 Å². The van der Waals surface area contributed by atoms with Crippen molar-refractivity contribution in [3.05, 3.63) is 188 Å². The highest BCUT2D eigenvalue weighted by Crippen LogP contribution is 2.47. The summed E-state index contributed by atoms with van der Waals surface area (Å²) < 4.78 is 6.61. The average Bonchev–Trinajstić information content (AvgIpc) is 3.57. The Kier molecular flexibility index (Phi) is 7.74. The summed E-state index contributed by atoms with van der Waals surface area (Å²) in [5.74, 6) is 0. The summed E-state index contributed by atoms with van der Waals surface area (Å²) in [7, 11) is 0. The van der Waals surface area contributed by atoms with Gasteiger partial charge in [0.15, 0.2) is 0 Å². The second-order valence-electron chi connectivity index (χ2n) is 14.6. The first kappa shape index (κ1) is 31.6. The lowest BCUT2D eigenvalue weighted by Gasteiger charge is -2.28. The first-order valence-electron chi connectivity index (χ1n) is 18.0. The number of furan rings is 1. The molecule has 0 fully saturated rings. The van der Waals surface area contributed by atoms with Gasteiger partial charge in [0.25, 0.3) is 0 Å². The summed E-state index contributed by atoms with van der Waals surface area (Å²) in [6, 6.07) is 65.4. The van der Waals surface area contributed by atoms with Crippen LogP contribution in [0.15, 0.2) is 186 Å². The summed E-state index contributed by atoms with van der Waals surface area (Å²) in [5.41, 5.74) is 13.5. The van der Waals surface area contributed by atoms with Crippen LogP contribution >= 0.6 is 0 Å². The monoisotopic (exact) mass is 669 g/mol. The van der Waals surface area contributed by atoms with Crippen LogP contribution < -0.4 is 4.90 Å². The van der Waals surface area contributed by atoms with E-state index < -0.39 is 0 Å². The molecule has 0 aliphatic carbocycles. The quantitative estimate of drug-likeness (QED) is 0.175. The lowest BCUT2D eigenvalue weighted by molar-refractivity contribution is 0.592. The Morgan fingerprint density at radius 2 is 1.04 bits per heavy atom. The standard InChI is InChI=1S/C50H39NO/c1-50(2,3)44-23-11-9-20-41(44)37-29-32-47-43(33-37)49-46(25-14-26-48(49)52-47)51(45-24-12-10-21-42(45)35-15-5-4-6-16-35)38-30-27-36(28-31-38)40-22-13-18-34-17-7-8-19-39(34)40/h4-33H,1-3H3. The van der Waals surface area contributed by atoms with E-state index in [0.717, 1.165) is 44.6 Å². The van der Waals surface area contributed by atoms with E-state index in [-0.39, 0.29) is 5.41 Å². The van der Waals surface area contributed by atoms with Gasteiger partial charge in [-0.2, -0.15) is 0 Å². The summed E-state index contributed by atoms with van der Waals surface area (Å²) >= 11 is 0. The Labute approximate surface area is 305 Å². The maximum atomic E-state index is 6.61. The van der Waals surface area contributed by atoms with Gasteiger partial charge in [0.1, 0.15) is 11.2 Å². The van der Waals surface area contributed by atoms with Gasteiger partial charge in [-0.3, -0.25) is 0 Å². The molecular formula is C50H39NO. The van der Waals surface area contributed by atoms with Crippen molar-refractivity contribution >= 4 is 49.8 Å². The number of para-hydroxylation sites is 1. The number of nitrogens with zero attached hydrogens (tertiary/aromatic N) is 1. The zero-order valence-corrected chi connectivity index (χ0v) is 29.7. The van der Waals surface area contributed by atoms with Crippen LogP contribution in [0, 0.1) is 0 Å². The number of hydrogen-bond donors (Lipinski definition) is 0. The van der Waals surface area contributed by atoms with Crippen LogP contribution in [0.2, 0.25) is 0 Å². The Hall–Kier alpha value is -6.38. The van der Waals surface area contributed by atoms with Crippen molar-refractivity contribution in [1.82, 2.24) is 0 Å². The van der Waals surface area contributed by atoms with Crippen LogP contribution in [-0.2, 0) is 5.41 Å². The molecule has 0 amide bonds. The zero-order valence-electron chi connectivity index (χ0n) is 29.7. The molecule has 1 aromatic heterocycles. The van der Waals surface area contributed by atoms with Gasteiger partial charge < -0.3 is 9.32 Å². The summed E-state index contributed by atoms with van der Waals surface area (Å²) in [6.07, 6.45) is 0. The summed E-state index contributed by atoms with van der Waals surface area (Å²) in [5, 5.41) is 4.68. The highest BCUT2D eigenvalue weighted by molar-refractivity contribution is 6.14. The van der Waals surface area contributed by atoms with E-state index in [1.165, 1.54) is 44.2 Å². The minimum Gasteiger partial charge on any atom is -0.456 e. The highest BCUT2D eigenvalue weighted by Gasteiger charge is 2.23. The fourth-order valence-corrected chi connectivity index (χ4v) is 7.76. The molecule has 250 valence electrons. The van der Waals surface area contributed by atoms with Crippen LogP contribution in [0.25, 0.3) is 66.1 Å². The molecule has 0 aliphatic heterocycles. The van der Waals surface area contributed by atoms with E-state index in [4.69, 9.17) is 4.42 Å². The van der Waals surface area contributed by atoms with E-state index in [9.17, 15) is 0 Å². The van der Waals surface area contributed by atoms with Crippen LogP contribution in [0.4, 0.5) is 17.1 Å². The van der Waals surface area contributed by atoms with Crippen molar-refractivity contribution in [3.8, 4) is 33.4 Å². The predicted octanol–water partition coefficient (Wildman–Crippen LogP) is 14.5. The Morgan fingerprint density at radius 1 is 0.423 bits per heavy atom. The van der Waals surface area contributed by atoms with E-state index in [0.29, 0.717) is 0 Å². The van der Waals surface area contributed by atoms with Crippen LogP contribution in [-0.4, -0.2) is 0 Å². The fourth-order valence-electron chi connectivity index (χ4n) is 7.76. The van der Waals surface area contributed by atoms with Crippen molar-refractivity contribution in [2.75, 3.05) is 4.90 Å². The van der Waals surface area contributed by atoms with Gasteiger partial charge in [0.05, 0.1) is 16.8 Å². The first-order valence-corrected chi connectivity index (χ1v) is 18.0. The third-order valence-corrected chi connectivity index (χ3v) is 10.2. The second-order valence-corrected chi connectivity index (χ2v) is 14.6. The molecule has 0 spiro atoms. The second kappa shape index (κ2) is 12.7. The van der Waals surface area contributed by atoms with Gasteiger partial charge >= 0.3 is 0 Å². The SMILES string of the molecule is CC(C)(C)c1ccccc1-c1ccc2oc3cccc(N(c4ccc(-c5cccc6ccccc56)cc4)c4ccccc4-c4ccccc4)c3c2c1. The normalized spacial score (nSPS) is 11.8. The summed E-state index contributed by atoms with van der Waals surface area (Å²) in [4.78, 5) is 2.41. The molecule has 0 N–H and O–H groups in total. The molecule has 0 radical (unpaired) electrons. The molecular weight excluding hydrogens is 631 g/mol. The van der Waals surface area contributed by atoms with E-state index >= 15 is 0 Å². The van der Waals surface area contributed by atoms with Crippen molar-refractivity contribution in [2.24, 2.45) is 0 Å². The van der Waals surface area contributed by atoms with Gasteiger partial charge in [-0.1, -0.05) is 160 Å². The fraction of sp³-hybridized carbons (Fsp3) is 0.0800. The molecule has 0 saturated carbocycles. The average molecular weight is 670 g/mol. The topological polar surface area (TPSA) is 16.4 Å².